The normalized spacial score (nSPS) is 13.8. The fourth-order valence-corrected chi connectivity index (χ4v) is 1.18. The van der Waals surface area contributed by atoms with Crippen LogP contribution in [0.15, 0.2) is 0 Å². The summed E-state index contributed by atoms with van der Waals surface area (Å²) >= 11 is 0. The van der Waals surface area contributed by atoms with Crippen LogP contribution in [0.3, 0.4) is 0 Å². The van der Waals surface area contributed by atoms with E-state index >= 15 is 0 Å². The van der Waals surface area contributed by atoms with E-state index in [1.807, 2.05) is 0 Å². The highest BCUT2D eigenvalue weighted by molar-refractivity contribution is 4.53. The van der Waals surface area contributed by atoms with E-state index < -0.39 is 0 Å². The summed E-state index contributed by atoms with van der Waals surface area (Å²) in [6, 6.07) is 0. The first-order valence-corrected chi connectivity index (χ1v) is 5.07. The molecule has 0 N–H and O–H groups in total. The molecule has 0 aromatic heterocycles. The van der Waals surface area contributed by atoms with Gasteiger partial charge in [-0.15, -0.1) is 0 Å². The van der Waals surface area contributed by atoms with Crippen molar-refractivity contribution < 1.29 is 4.74 Å². The van der Waals surface area contributed by atoms with Crippen LogP contribution in [0.5, 0.6) is 0 Å². The van der Waals surface area contributed by atoms with Crippen molar-refractivity contribution >= 4 is 0 Å². The van der Waals surface area contributed by atoms with E-state index in [-0.39, 0.29) is 0 Å². The Balaban J connectivity index is 3.13. The van der Waals surface area contributed by atoms with E-state index in [2.05, 4.69) is 27.7 Å². The summed E-state index contributed by atoms with van der Waals surface area (Å²) in [5.74, 6) is 0.824. The highest BCUT2D eigenvalue weighted by Gasteiger charge is 2.01. The molecule has 0 bridgehead atoms. The van der Waals surface area contributed by atoms with Gasteiger partial charge in [-0.25, -0.2) is 0 Å². The Hall–Kier alpha value is -0.0400. The number of rotatable bonds is 7. The molecule has 0 saturated carbocycles. The second-order valence-electron chi connectivity index (χ2n) is 3.86. The molecule has 1 unspecified atom stereocenters. The molecule has 0 saturated heterocycles. The van der Waals surface area contributed by atoms with Gasteiger partial charge in [-0.3, -0.25) is 0 Å². The van der Waals surface area contributed by atoms with Crippen LogP contribution in [0.4, 0.5) is 0 Å². The third-order valence-corrected chi connectivity index (χ3v) is 1.94. The van der Waals surface area contributed by atoms with Crippen LogP contribution in [0.1, 0.15) is 46.5 Å². The van der Waals surface area contributed by atoms with Crippen molar-refractivity contribution in [2.75, 3.05) is 6.61 Å². The van der Waals surface area contributed by atoms with Crippen molar-refractivity contribution in [3.05, 3.63) is 6.92 Å². The summed E-state index contributed by atoms with van der Waals surface area (Å²) in [6.07, 6.45) is 5.10. The molecule has 0 aliphatic carbocycles. The standard InChI is InChI=1S/C11H23O/c1-5-9-12-11(4)8-6-7-10(2)3/h10-11H,1,5-9H2,2-4H3. The zero-order chi connectivity index (χ0) is 9.40. The number of ether oxygens (including phenoxy) is 1. The second-order valence-corrected chi connectivity index (χ2v) is 3.86. The Morgan fingerprint density at radius 3 is 2.33 bits per heavy atom. The van der Waals surface area contributed by atoms with E-state index in [0.717, 1.165) is 18.9 Å². The van der Waals surface area contributed by atoms with Crippen molar-refractivity contribution in [1.82, 2.24) is 0 Å². The summed E-state index contributed by atoms with van der Waals surface area (Å²) in [6.45, 7) is 11.2. The van der Waals surface area contributed by atoms with Gasteiger partial charge in [0.05, 0.1) is 6.10 Å². The Morgan fingerprint density at radius 1 is 1.17 bits per heavy atom. The first kappa shape index (κ1) is 12.0. The van der Waals surface area contributed by atoms with Gasteiger partial charge in [0.25, 0.3) is 0 Å². The molecule has 73 valence electrons. The number of hydrogen-bond donors (Lipinski definition) is 0. The number of hydrogen-bond acceptors (Lipinski definition) is 1. The van der Waals surface area contributed by atoms with E-state index in [1.54, 1.807) is 0 Å². The van der Waals surface area contributed by atoms with Gasteiger partial charge in [0.1, 0.15) is 0 Å². The smallest absolute Gasteiger partial charge is 0.0547 e. The molecular formula is C11H23O. The minimum atomic E-state index is 0.422. The van der Waals surface area contributed by atoms with Crippen LogP contribution in [0, 0.1) is 12.8 Å². The minimum absolute atomic E-state index is 0.422. The second kappa shape index (κ2) is 7.60. The van der Waals surface area contributed by atoms with E-state index in [0.29, 0.717) is 6.10 Å². The Bertz CT molecular complexity index is 89.0. The maximum Gasteiger partial charge on any atom is 0.0547 e. The van der Waals surface area contributed by atoms with Crippen molar-refractivity contribution in [2.45, 2.75) is 52.6 Å². The van der Waals surface area contributed by atoms with Crippen molar-refractivity contribution in [1.29, 1.82) is 0 Å². The van der Waals surface area contributed by atoms with Crippen LogP contribution < -0.4 is 0 Å². The van der Waals surface area contributed by atoms with Crippen molar-refractivity contribution in [3.63, 3.8) is 0 Å². The highest BCUT2D eigenvalue weighted by atomic mass is 16.5. The van der Waals surface area contributed by atoms with Crippen molar-refractivity contribution in [3.8, 4) is 0 Å². The van der Waals surface area contributed by atoms with E-state index in [4.69, 9.17) is 4.74 Å². The summed E-state index contributed by atoms with van der Waals surface area (Å²) in [5, 5.41) is 0. The first-order chi connectivity index (χ1) is 5.66. The van der Waals surface area contributed by atoms with E-state index in [1.165, 1.54) is 19.3 Å². The van der Waals surface area contributed by atoms with Gasteiger partial charge in [-0.2, -0.15) is 0 Å². The Kier molecular flexibility index (Phi) is 7.58. The zero-order valence-electron chi connectivity index (χ0n) is 8.81. The third-order valence-electron chi connectivity index (χ3n) is 1.94. The van der Waals surface area contributed by atoms with Gasteiger partial charge >= 0.3 is 0 Å². The molecule has 0 rings (SSSR count). The topological polar surface area (TPSA) is 9.23 Å². The molecule has 0 amide bonds. The third kappa shape index (κ3) is 8.06. The molecule has 1 radical (unpaired) electrons. The molecule has 0 aliphatic rings. The quantitative estimate of drug-likeness (QED) is 0.570. The average molecular weight is 171 g/mol. The summed E-state index contributed by atoms with van der Waals surface area (Å²) < 4.78 is 5.51. The summed E-state index contributed by atoms with van der Waals surface area (Å²) in [7, 11) is 0. The minimum Gasteiger partial charge on any atom is -0.379 e. The lowest BCUT2D eigenvalue weighted by Crippen LogP contribution is -2.08. The van der Waals surface area contributed by atoms with Gasteiger partial charge in [0.2, 0.25) is 0 Å². The summed E-state index contributed by atoms with van der Waals surface area (Å²) in [5.41, 5.74) is 0. The van der Waals surface area contributed by atoms with Crippen LogP contribution in [-0.4, -0.2) is 12.7 Å². The predicted octanol–water partition coefficient (Wildman–Crippen LogP) is 3.44. The van der Waals surface area contributed by atoms with Crippen LogP contribution in [0.25, 0.3) is 0 Å². The predicted molar refractivity (Wildman–Crippen MR) is 54.1 cm³/mol. The lowest BCUT2D eigenvalue weighted by molar-refractivity contribution is 0.0610. The Morgan fingerprint density at radius 2 is 1.83 bits per heavy atom. The van der Waals surface area contributed by atoms with Crippen LogP contribution in [-0.2, 0) is 4.74 Å². The molecule has 0 aromatic rings. The highest BCUT2D eigenvalue weighted by Crippen LogP contribution is 2.10. The summed E-state index contributed by atoms with van der Waals surface area (Å²) in [4.78, 5) is 0. The molecule has 1 heteroatoms. The maximum atomic E-state index is 5.51. The fourth-order valence-electron chi connectivity index (χ4n) is 1.18. The molecule has 0 fully saturated rings. The maximum absolute atomic E-state index is 5.51. The van der Waals surface area contributed by atoms with E-state index in [9.17, 15) is 0 Å². The molecule has 1 atom stereocenters. The monoisotopic (exact) mass is 171 g/mol. The van der Waals surface area contributed by atoms with Gasteiger partial charge < -0.3 is 4.74 Å². The van der Waals surface area contributed by atoms with Crippen molar-refractivity contribution in [2.24, 2.45) is 5.92 Å². The Labute approximate surface area is 77.5 Å². The molecular weight excluding hydrogens is 148 g/mol. The lowest BCUT2D eigenvalue weighted by Gasteiger charge is -2.12. The molecule has 1 nitrogen and oxygen atoms in total. The fraction of sp³-hybridized carbons (Fsp3) is 0.909. The SMILES string of the molecule is [CH2]CCOC(C)CCCC(C)C. The first-order valence-electron chi connectivity index (χ1n) is 5.07. The van der Waals surface area contributed by atoms with Crippen LogP contribution >= 0.6 is 0 Å². The largest absolute Gasteiger partial charge is 0.379 e. The lowest BCUT2D eigenvalue weighted by atomic mass is 10.0. The molecule has 12 heavy (non-hydrogen) atoms. The average Bonchev–Trinajstić information content (AvgIpc) is 2.00. The molecule has 0 heterocycles. The van der Waals surface area contributed by atoms with Gasteiger partial charge in [-0.05, 0) is 25.7 Å². The molecule has 0 aliphatic heterocycles. The van der Waals surface area contributed by atoms with Gasteiger partial charge in [-0.1, -0.05) is 33.6 Å². The zero-order valence-corrected chi connectivity index (χ0v) is 8.81. The van der Waals surface area contributed by atoms with Gasteiger partial charge in [0.15, 0.2) is 0 Å². The van der Waals surface area contributed by atoms with Gasteiger partial charge in [0, 0.05) is 6.61 Å². The molecule has 0 aromatic carbocycles. The van der Waals surface area contributed by atoms with Crippen LogP contribution in [0.2, 0.25) is 0 Å². The molecule has 0 spiro atoms.